The number of nitrogens with zero attached hydrogens (tertiary/aromatic N) is 3. The maximum atomic E-state index is 8.76. The summed E-state index contributed by atoms with van der Waals surface area (Å²) in [6, 6.07) is -0.636. The van der Waals surface area contributed by atoms with Gasteiger partial charge in [-0.15, -0.1) is 0 Å². The normalized spacial score (nSPS) is 13.0. The van der Waals surface area contributed by atoms with Gasteiger partial charge in [0, 0.05) is 6.20 Å². The lowest BCUT2D eigenvalue weighted by Crippen LogP contribution is -2.14. The maximum absolute atomic E-state index is 8.76. The van der Waals surface area contributed by atoms with Crippen LogP contribution in [-0.2, 0) is 0 Å². The Hall–Kier alpha value is -1.73. The number of nitrogens with two attached hydrogens (primary N) is 1. The molecule has 0 bridgehead atoms. The first-order valence-corrected chi connectivity index (χ1v) is 4.00. The van der Waals surface area contributed by atoms with Crippen molar-refractivity contribution >= 4 is 0 Å². The Bertz CT molecular complexity index is 396. The quantitative estimate of drug-likeness (QED) is 0.605. The molecule has 1 atom stereocenters. The zero-order valence-corrected chi connectivity index (χ0v) is 7.21. The molecule has 0 aliphatic rings. The van der Waals surface area contributed by atoms with E-state index in [2.05, 4.69) is 20.3 Å². The van der Waals surface area contributed by atoms with E-state index < -0.39 is 6.04 Å². The molecule has 1 unspecified atom stereocenters. The first-order valence-electron chi connectivity index (χ1n) is 4.00. The number of aliphatic hydroxyl groups is 1. The number of hydrogen-bond acceptors (Lipinski definition) is 6. The Morgan fingerprint density at radius 2 is 2.50 bits per heavy atom. The van der Waals surface area contributed by atoms with Crippen LogP contribution >= 0.6 is 0 Å². The van der Waals surface area contributed by atoms with Gasteiger partial charge >= 0.3 is 0 Å². The highest BCUT2D eigenvalue weighted by molar-refractivity contribution is 5.50. The first-order chi connectivity index (χ1) is 6.81. The lowest BCUT2D eigenvalue weighted by molar-refractivity contribution is 0.237. The third-order valence-corrected chi connectivity index (χ3v) is 1.71. The molecule has 0 radical (unpaired) electrons. The molecular weight excluding hydrogens is 186 g/mol. The summed E-state index contributed by atoms with van der Waals surface area (Å²) in [5.41, 5.74) is 6.20. The number of aliphatic hydroxyl groups excluding tert-OH is 1. The fourth-order valence-electron chi connectivity index (χ4n) is 0.954. The van der Waals surface area contributed by atoms with Crippen molar-refractivity contribution in [3.05, 3.63) is 18.3 Å². The van der Waals surface area contributed by atoms with Crippen molar-refractivity contribution in [2.75, 3.05) is 6.61 Å². The van der Waals surface area contributed by atoms with Crippen molar-refractivity contribution in [2.24, 2.45) is 5.73 Å². The standard InChI is InChI=1S/C7H9N5O2/c8-5(3-13)7-11-6(12-14-7)4-1-9-10-2-4/h1-2,5,13H,3,8H2,(H,9,10). The Morgan fingerprint density at radius 1 is 1.64 bits per heavy atom. The van der Waals surface area contributed by atoms with E-state index in [1.807, 2.05) is 0 Å². The lowest BCUT2D eigenvalue weighted by Gasteiger charge is -1.98. The van der Waals surface area contributed by atoms with Crippen LogP contribution in [0.1, 0.15) is 11.9 Å². The van der Waals surface area contributed by atoms with Gasteiger partial charge < -0.3 is 15.4 Å². The van der Waals surface area contributed by atoms with Gasteiger partial charge in [0.2, 0.25) is 11.7 Å². The number of aromatic amines is 1. The minimum Gasteiger partial charge on any atom is -0.394 e. The third-order valence-electron chi connectivity index (χ3n) is 1.71. The van der Waals surface area contributed by atoms with Crippen LogP contribution in [0.4, 0.5) is 0 Å². The maximum Gasteiger partial charge on any atom is 0.246 e. The highest BCUT2D eigenvalue weighted by Crippen LogP contribution is 2.15. The lowest BCUT2D eigenvalue weighted by atomic mass is 10.3. The molecule has 2 aromatic rings. The predicted octanol–water partition coefficient (Wildman–Crippen LogP) is -0.548. The molecule has 0 aromatic carbocycles. The molecule has 4 N–H and O–H groups in total. The van der Waals surface area contributed by atoms with E-state index in [4.69, 9.17) is 15.4 Å². The van der Waals surface area contributed by atoms with Crippen LogP contribution in [0.5, 0.6) is 0 Å². The number of nitrogens with one attached hydrogen (secondary N) is 1. The number of hydrogen-bond donors (Lipinski definition) is 3. The zero-order valence-electron chi connectivity index (χ0n) is 7.21. The highest BCUT2D eigenvalue weighted by Gasteiger charge is 2.14. The van der Waals surface area contributed by atoms with E-state index in [0.29, 0.717) is 11.4 Å². The number of rotatable bonds is 3. The summed E-state index contributed by atoms with van der Waals surface area (Å²) in [4.78, 5) is 4.00. The van der Waals surface area contributed by atoms with Crippen molar-refractivity contribution in [1.29, 1.82) is 0 Å². The highest BCUT2D eigenvalue weighted by atomic mass is 16.5. The Labute approximate surface area is 78.9 Å². The van der Waals surface area contributed by atoms with Gasteiger partial charge in [0.15, 0.2) is 0 Å². The first kappa shape index (κ1) is 8.85. The summed E-state index contributed by atoms with van der Waals surface area (Å²) in [7, 11) is 0. The molecule has 0 aliphatic carbocycles. The van der Waals surface area contributed by atoms with Crippen LogP contribution in [0.2, 0.25) is 0 Å². The van der Waals surface area contributed by atoms with Gasteiger partial charge in [0.1, 0.15) is 6.04 Å². The van der Waals surface area contributed by atoms with Gasteiger partial charge in [-0.3, -0.25) is 5.10 Å². The van der Waals surface area contributed by atoms with Crippen molar-refractivity contribution in [3.8, 4) is 11.4 Å². The summed E-state index contributed by atoms with van der Waals surface area (Å²) in [5, 5.41) is 18.8. The fourth-order valence-corrected chi connectivity index (χ4v) is 0.954. The van der Waals surface area contributed by atoms with Crippen LogP contribution in [0, 0.1) is 0 Å². The van der Waals surface area contributed by atoms with Crippen molar-refractivity contribution in [2.45, 2.75) is 6.04 Å². The fraction of sp³-hybridized carbons (Fsp3) is 0.286. The van der Waals surface area contributed by atoms with Gasteiger partial charge in [-0.25, -0.2) is 0 Å². The molecule has 0 amide bonds. The average Bonchev–Trinajstić information content (AvgIpc) is 2.86. The molecular formula is C7H9N5O2. The second-order valence-electron chi connectivity index (χ2n) is 2.73. The van der Waals surface area contributed by atoms with Gasteiger partial charge in [-0.2, -0.15) is 10.1 Å². The van der Waals surface area contributed by atoms with Gasteiger partial charge in [-0.05, 0) is 0 Å². The summed E-state index contributed by atoms with van der Waals surface area (Å²) >= 11 is 0. The van der Waals surface area contributed by atoms with Gasteiger partial charge in [0.05, 0.1) is 18.4 Å². The smallest absolute Gasteiger partial charge is 0.246 e. The Morgan fingerprint density at radius 3 is 3.14 bits per heavy atom. The molecule has 7 nitrogen and oxygen atoms in total. The van der Waals surface area contributed by atoms with Crippen molar-refractivity contribution in [3.63, 3.8) is 0 Å². The molecule has 7 heteroatoms. The SMILES string of the molecule is NC(CO)c1nc(-c2cn[nH]c2)no1. The molecule has 0 aliphatic heterocycles. The van der Waals surface area contributed by atoms with Gasteiger partial charge in [-0.1, -0.05) is 5.16 Å². The molecule has 0 saturated carbocycles. The Balaban J connectivity index is 2.26. The summed E-state index contributed by atoms with van der Waals surface area (Å²) in [6.45, 7) is -0.229. The second kappa shape index (κ2) is 3.56. The van der Waals surface area contributed by atoms with Gasteiger partial charge in [0.25, 0.3) is 0 Å². The van der Waals surface area contributed by atoms with E-state index in [1.54, 1.807) is 12.4 Å². The molecule has 0 spiro atoms. The summed E-state index contributed by atoms with van der Waals surface area (Å²) in [6.07, 6.45) is 3.21. The molecule has 2 rings (SSSR count). The molecule has 2 aromatic heterocycles. The van der Waals surface area contributed by atoms with Crippen LogP contribution < -0.4 is 5.73 Å². The zero-order chi connectivity index (χ0) is 9.97. The molecule has 0 saturated heterocycles. The van der Waals surface area contributed by atoms with Crippen LogP contribution in [0.3, 0.4) is 0 Å². The largest absolute Gasteiger partial charge is 0.394 e. The summed E-state index contributed by atoms with van der Waals surface area (Å²) in [5.74, 6) is 0.612. The third kappa shape index (κ3) is 1.50. The minimum absolute atomic E-state index is 0.212. The minimum atomic E-state index is -0.636. The van der Waals surface area contributed by atoms with E-state index >= 15 is 0 Å². The average molecular weight is 195 g/mol. The number of aromatic nitrogens is 4. The monoisotopic (exact) mass is 195 g/mol. The molecule has 2 heterocycles. The van der Waals surface area contributed by atoms with E-state index in [1.165, 1.54) is 0 Å². The second-order valence-corrected chi connectivity index (χ2v) is 2.73. The van der Waals surface area contributed by atoms with Crippen molar-refractivity contribution < 1.29 is 9.63 Å². The topological polar surface area (TPSA) is 114 Å². The molecule has 14 heavy (non-hydrogen) atoms. The summed E-state index contributed by atoms with van der Waals surface area (Å²) < 4.78 is 4.85. The predicted molar refractivity (Wildman–Crippen MR) is 45.9 cm³/mol. The Kier molecular flexibility index (Phi) is 2.25. The van der Waals surface area contributed by atoms with E-state index in [-0.39, 0.29) is 12.5 Å². The van der Waals surface area contributed by atoms with Crippen LogP contribution in [0.15, 0.2) is 16.9 Å². The molecule has 74 valence electrons. The van der Waals surface area contributed by atoms with E-state index in [9.17, 15) is 0 Å². The van der Waals surface area contributed by atoms with Crippen LogP contribution in [-0.4, -0.2) is 32.1 Å². The van der Waals surface area contributed by atoms with E-state index in [0.717, 1.165) is 0 Å². The molecule has 0 fully saturated rings. The number of H-pyrrole nitrogens is 1. The van der Waals surface area contributed by atoms with Crippen LogP contribution in [0.25, 0.3) is 11.4 Å². The van der Waals surface area contributed by atoms with Crippen molar-refractivity contribution in [1.82, 2.24) is 20.3 Å².